The highest BCUT2D eigenvalue weighted by molar-refractivity contribution is 9.10. The molecule has 2 rings (SSSR count). The van der Waals surface area contributed by atoms with Gasteiger partial charge in [0.2, 0.25) is 5.91 Å². The highest BCUT2D eigenvalue weighted by Crippen LogP contribution is 2.27. The number of nitrogen functional groups attached to an aromatic ring is 1. The molecule has 1 aliphatic heterocycles. The molecular formula is C13H19BrN4O2. The van der Waals surface area contributed by atoms with Crippen molar-refractivity contribution in [1.29, 1.82) is 0 Å². The number of carbonyl (C=O) groups excluding carboxylic acids is 1. The fraction of sp³-hybridized carbons (Fsp3) is 0.538. The molecule has 1 aromatic heterocycles. The largest absolute Gasteiger partial charge is 0.397 e. The summed E-state index contributed by atoms with van der Waals surface area (Å²) in [6, 6.07) is 0. The van der Waals surface area contributed by atoms with Crippen molar-refractivity contribution in [2.24, 2.45) is 0 Å². The molecule has 110 valence electrons. The van der Waals surface area contributed by atoms with E-state index in [-0.39, 0.29) is 5.91 Å². The monoisotopic (exact) mass is 342 g/mol. The Balaban J connectivity index is 1.83. The van der Waals surface area contributed by atoms with E-state index in [0.717, 1.165) is 10.0 Å². The molecule has 1 aliphatic rings. The number of pyridine rings is 1. The minimum Gasteiger partial charge on any atom is -0.397 e. The van der Waals surface area contributed by atoms with Crippen LogP contribution in [0.1, 0.15) is 12.0 Å². The van der Waals surface area contributed by atoms with Gasteiger partial charge in [-0.05, 0) is 28.4 Å². The summed E-state index contributed by atoms with van der Waals surface area (Å²) in [4.78, 5) is 18.0. The van der Waals surface area contributed by atoms with Crippen LogP contribution in [-0.4, -0.2) is 48.6 Å². The third-order valence-electron chi connectivity index (χ3n) is 3.30. The molecule has 1 saturated heterocycles. The quantitative estimate of drug-likeness (QED) is 0.864. The number of carbonyl (C=O) groups is 1. The van der Waals surface area contributed by atoms with Crippen LogP contribution in [0.3, 0.4) is 0 Å². The predicted octanol–water partition coefficient (Wildman–Crippen LogP) is 1.40. The maximum atomic E-state index is 12.0. The standard InChI is InChI=1S/C13H19BrN4O2/c1-9-10(15)8-17-13(12(9)14)16-3-2-11(19)18-4-6-20-7-5-18/h8H,2-7,15H2,1H3,(H,16,17). The summed E-state index contributed by atoms with van der Waals surface area (Å²) in [5, 5.41) is 3.16. The van der Waals surface area contributed by atoms with Crippen molar-refractivity contribution in [3.05, 3.63) is 16.2 Å². The second-order valence-corrected chi connectivity index (χ2v) is 5.46. The van der Waals surface area contributed by atoms with Gasteiger partial charge in [0.25, 0.3) is 0 Å². The molecule has 1 fully saturated rings. The molecule has 2 heterocycles. The lowest BCUT2D eigenvalue weighted by molar-refractivity contribution is -0.134. The number of aromatic nitrogens is 1. The molecule has 0 radical (unpaired) electrons. The number of ether oxygens (including phenoxy) is 1. The van der Waals surface area contributed by atoms with Gasteiger partial charge in [-0.1, -0.05) is 0 Å². The predicted molar refractivity (Wildman–Crippen MR) is 81.6 cm³/mol. The molecule has 6 nitrogen and oxygen atoms in total. The molecule has 0 aromatic carbocycles. The van der Waals surface area contributed by atoms with Crippen molar-refractivity contribution >= 4 is 33.3 Å². The van der Waals surface area contributed by atoms with Crippen LogP contribution in [-0.2, 0) is 9.53 Å². The third kappa shape index (κ3) is 3.61. The van der Waals surface area contributed by atoms with Gasteiger partial charge in [0.1, 0.15) is 5.82 Å². The SMILES string of the molecule is Cc1c(N)cnc(NCCC(=O)N2CCOCC2)c1Br. The van der Waals surface area contributed by atoms with E-state index >= 15 is 0 Å². The van der Waals surface area contributed by atoms with Gasteiger partial charge in [0.05, 0.1) is 29.6 Å². The number of nitrogens with two attached hydrogens (primary N) is 1. The van der Waals surface area contributed by atoms with Gasteiger partial charge in [-0.3, -0.25) is 4.79 Å². The maximum absolute atomic E-state index is 12.0. The highest BCUT2D eigenvalue weighted by atomic mass is 79.9. The van der Waals surface area contributed by atoms with Crippen LogP contribution in [0.5, 0.6) is 0 Å². The highest BCUT2D eigenvalue weighted by Gasteiger charge is 2.16. The van der Waals surface area contributed by atoms with Crippen molar-refractivity contribution in [2.45, 2.75) is 13.3 Å². The normalized spacial score (nSPS) is 15.2. The summed E-state index contributed by atoms with van der Waals surface area (Å²) in [7, 11) is 0. The van der Waals surface area contributed by atoms with Gasteiger partial charge in [0.15, 0.2) is 0 Å². The number of morpholine rings is 1. The Labute approximate surface area is 126 Å². The zero-order chi connectivity index (χ0) is 14.5. The average molecular weight is 343 g/mol. The molecule has 0 atom stereocenters. The Morgan fingerprint density at radius 3 is 2.95 bits per heavy atom. The molecular weight excluding hydrogens is 324 g/mol. The van der Waals surface area contributed by atoms with E-state index in [4.69, 9.17) is 10.5 Å². The van der Waals surface area contributed by atoms with Gasteiger partial charge in [-0.25, -0.2) is 4.98 Å². The number of amides is 1. The Bertz CT molecular complexity index is 490. The summed E-state index contributed by atoms with van der Waals surface area (Å²) in [5.74, 6) is 0.857. The van der Waals surface area contributed by atoms with Crippen LogP contribution < -0.4 is 11.1 Å². The van der Waals surface area contributed by atoms with Gasteiger partial charge in [-0.15, -0.1) is 0 Å². The van der Waals surface area contributed by atoms with E-state index < -0.39 is 0 Å². The van der Waals surface area contributed by atoms with E-state index in [1.54, 1.807) is 6.20 Å². The smallest absolute Gasteiger partial charge is 0.224 e. The van der Waals surface area contributed by atoms with Crippen LogP contribution in [0.4, 0.5) is 11.5 Å². The average Bonchev–Trinajstić information content (AvgIpc) is 2.48. The third-order valence-corrected chi connectivity index (χ3v) is 4.27. The Morgan fingerprint density at radius 1 is 1.55 bits per heavy atom. The Kier molecular flexibility index (Phi) is 5.19. The lowest BCUT2D eigenvalue weighted by atomic mass is 10.2. The first-order chi connectivity index (χ1) is 9.59. The number of hydrogen-bond acceptors (Lipinski definition) is 5. The van der Waals surface area contributed by atoms with Crippen LogP contribution >= 0.6 is 15.9 Å². The minimum absolute atomic E-state index is 0.143. The van der Waals surface area contributed by atoms with E-state index in [2.05, 4.69) is 26.2 Å². The lowest BCUT2D eigenvalue weighted by Gasteiger charge is -2.26. The molecule has 0 bridgehead atoms. The second kappa shape index (κ2) is 6.90. The zero-order valence-corrected chi connectivity index (χ0v) is 13.1. The number of anilines is 2. The topological polar surface area (TPSA) is 80.5 Å². The van der Waals surface area contributed by atoms with E-state index in [1.165, 1.54) is 0 Å². The molecule has 0 spiro atoms. The summed E-state index contributed by atoms with van der Waals surface area (Å²) >= 11 is 3.46. The number of rotatable bonds is 4. The number of halogens is 1. The molecule has 20 heavy (non-hydrogen) atoms. The fourth-order valence-corrected chi connectivity index (χ4v) is 2.45. The fourth-order valence-electron chi connectivity index (χ4n) is 1.97. The zero-order valence-electron chi connectivity index (χ0n) is 11.5. The maximum Gasteiger partial charge on any atom is 0.224 e. The van der Waals surface area contributed by atoms with Crippen molar-refractivity contribution < 1.29 is 9.53 Å². The van der Waals surface area contributed by atoms with Gasteiger partial charge < -0.3 is 20.7 Å². The summed E-state index contributed by atoms with van der Waals surface area (Å²) in [5.41, 5.74) is 7.36. The van der Waals surface area contributed by atoms with Crippen LogP contribution in [0.15, 0.2) is 10.7 Å². The lowest BCUT2D eigenvalue weighted by Crippen LogP contribution is -2.41. The number of hydrogen-bond donors (Lipinski definition) is 2. The van der Waals surface area contributed by atoms with Gasteiger partial charge in [0, 0.05) is 26.1 Å². The van der Waals surface area contributed by atoms with Crippen molar-refractivity contribution in [1.82, 2.24) is 9.88 Å². The summed E-state index contributed by atoms with van der Waals surface area (Å²) in [6.45, 7) is 5.09. The van der Waals surface area contributed by atoms with Crippen molar-refractivity contribution in [2.75, 3.05) is 43.9 Å². The first-order valence-electron chi connectivity index (χ1n) is 6.59. The van der Waals surface area contributed by atoms with E-state index in [9.17, 15) is 4.79 Å². The minimum atomic E-state index is 0.143. The molecule has 1 aromatic rings. The van der Waals surface area contributed by atoms with Crippen LogP contribution in [0.25, 0.3) is 0 Å². The number of nitrogens with zero attached hydrogens (tertiary/aromatic N) is 2. The first kappa shape index (κ1) is 15.1. The van der Waals surface area contributed by atoms with Crippen LogP contribution in [0.2, 0.25) is 0 Å². The van der Waals surface area contributed by atoms with E-state index in [0.29, 0.717) is 50.8 Å². The molecule has 3 N–H and O–H groups in total. The summed E-state index contributed by atoms with van der Waals surface area (Å²) in [6.07, 6.45) is 2.06. The Hall–Kier alpha value is -1.34. The molecule has 1 amide bonds. The molecule has 0 saturated carbocycles. The van der Waals surface area contributed by atoms with Crippen molar-refractivity contribution in [3.63, 3.8) is 0 Å². The molecule has 7 heteroatoms. The van der Waals surface area contributed by atoms with E-state index in [1.807, 2.05) is 11.8 Å². The van der Waals surface area contributed by atoms with Crippen molar-refractivity contribution in [3.8, 4) is 0 Å². The van der Waals surface area contributed by atoms with Gasteiger partial charge in [-0.2, -0.15) is 0 Å². The molecule has 0 unspecified atom stereocenters. The number of nitrogens with one attached hydrogen (secondary N) is 1. The van der Waals surface area contributed by atoms with Crippen LogP contribution in [0, 0.1) is 6.92 Å². The first-order valence-corrected chi connectivity index (χ1v) is 7.39. The summed E-state index contributed by atoms with van der Waals surface area (Å²) < 4.78 is 6.07. The molecule has 0 aliphatic carbocycles. The van der Waals surface area contributed by atoms with Gasteiger partial charge >= 0.3 is 0 Å². The second-order valence-electron chi connectivity index (χ2n) is 4.67. The Morgan fingerprint density at radius 2 is 2.25 bits per heavy atom.